The largest absolute Gasteiger partial charge is 0.322 e. The van der Waals surface area contributed by atoms with Crippen LogP contribution < -0.4 is 10.0 Å². The predicted octanol–water partition coefficient (Wildman–Crippen LogP) is 2.94. The third kappa shape index (κ3) is 4.32. The second kappa shape index (κ2) is 7.20. The molecule has 2 aromatic carbocycles. The number of amides is 1. The normalized spacial score (nSPS) is 11.2. The van der Waals surface area contributed by atoms with Gasteiger partial charge in [-0.2, -0.15) is 5.10 Å². The lowest BCUT2D eigenvalue weighted by molar-refractivity contribution is 0.102. The third-order valence-electron chi connectivity index (χ3n) is 3.78. The molecule has 1 heterocycles. The topological polar surface area (TPSA) is 93.1 Å². The van der Waals surface area contributed by atoms with Crippen molar-refractivity contribution >= 4 is 27.3 Å². The number of nitrogens with zero attached hydrogens (tertiary/aromatic N) is 2. The first kappa shape index (κ1) is 18.6. The zero-order valence-electron chi connectivity index (χ0n) is 14.6. The van der Waals surface area contributed by atoms with E-state index in [1.54, 1.807) is 37.3 Å². The standard InChI is InChI=1S/C18H17FN4O3S/c1-12-15(11-20-23(12)17-6-4-3-5-16(17)19)18(24)21-13-7-9-14(10-8-13)22-27(2,25)26/h3-11,22H,1-2H3,(H,21,24). The molecule has 0 saturated heterocycles. The predicted molar refractivity (Wildman–Crippen MR) is 101 cm³/mol. The first-order valence-electron chi connectivity index (χ1n) is 7.93. The Morgan fingerprint density at radius 2 is 1.70 bits per heavy atom. The molecule has 1 aromatic heterocycles. The van der Waals surface area contributed by atoms with Gasteiger partial charge in [-0.15, -0.1) is 0 Å². The fourth-order valence-electron chi connectivity index (χ4n) is 2.53. The van der Waals surface area contributed by atoms with E-state index < -0.39 is 21.7 Å². The van der Waals surface area contributed by atoms with Gasteiger partial charge in [-0.1, -0.05) is 12.1 Å². The van der Waals surface area contributed by atoms with Crippen LogP contribution in [0.2, 0.25) is 0 Å². The maximum Gasteiger partial charge on any atom is 0.259 e. The van der Waals surface area contributed by atoms with Crippen molar-refractivity contribution in [3.8, 4) is 5.69 Å². The molecule has 1 amide bonds. The Labute approximate surface area is 155 Å². The van der Waals surface area contributed by atoms with Gasteiger partial charge in [0.15, 0.2) is 0 Å². The number of halogens is 1. The van der Waals surface area contributed by atoms with Crippen LogP contribution in [0.25, 0.3) is 5.69 Å². The lowest BCUT2D eigenvalue weighted by Gasteiger charge is -2.08. The second-order valence-corrected chi connectivity index (χ2v) is 7.66. The van der Waals surface area contributed by atoms with Gasteiger partial charge in [-0.3, -0.25) is 9.52 Å². The molecule has 0 radical (unpaired) electrons. The minimum absolute atomic E-state index is 0.255. The number of nitrogens with one attached hydrogen (secondary N) is 2. The molecule has 7 nitrogen and oxygen atoms in total. The Bertz CT molecular complexity index is 1090. The zero-order chi connectivity index (χ0) is 19.6. The molecule has 0 aliphatic rings. The Morgan fingerprint density at radius 1 is 1.07 bits per heavy atom. The molecule has 9 heteroatoms. The third-order valence-corrected chi connectivity index (χ3v) is 4.39. The highest BCUT2D eigenvalue weighted by Gasteiger charge is 2.17. The molecule has 0 unspecified atom stereocenters. The van der Waals surface area contributed by atoms with E-state index in [0.29, 0.717) is 22.6 Å². The lowest BCUT2D eigenvalue weighted by Crippen LogP contribution is -2.13. The number of carbonyl (C=O) groups is 1. The van der Waals surface area contributed by atoms with Gasteiger partial charge in [0.25, 0.3) is 5.91 Å². The van der Waals surface area contributed by atoms with Crippen molar-refractivity contribution in [1.82, 2.24) is 9.78 Å². The van der Waals surface area contributed by atoms with Crippen LogP contribution in [-0.2, 0) is 10.0 Å². The van der Waals surface area contributed by atoms with Gasteiger partial charge in [0.05, 0.1) is 23.7 Å². The summed E-state index contributed by atoms with van der Waals surface area (Å²) in [6.45, 7) is 1.67. The Morgan fingerprint density at radius 3 is 2.33 bits per heavy atom. The average molecular weight is 388 g/mol. The summed E-state index contributed by atoms with van der Waals surface area (Å²) in [5, 5.41) is 6.81. The van der Waals surface area contributed by atoms with Gasteiger partial charge in [0.2, 0.25) is 10.0 Å². The van der Waals surface area contributed by atoms with E-state index >= 15 is 0 Å². The van der Waals surface area contributed by atoms with Crippen molar-refractivity contribution in [3.63, 3.8) is 0 Å². The molecule has 0 spiro atoms. The van der Waals surface area contributed by atoms with Crippen molar-refractivity contribution in [2.75, 3.05) is 16.3 Å². The molecule has 0 aliphatic carbocycles. The first-order chi connectivity index (χ1) is 12.7. The molecule has 0 bridgehead atoms. The Hall–Kier alpha value is -3.20. The van der Waals surface area contributed by atoms with Crippen LogP contribution in [0.3, 0.4) is 0 Å². The fourth-order valence-corrected chi connectivity index (χ4v) is 3.10. The van der Waals surface area contributed by atoms with Gasteiger partial charge < -0.3 is 5.32 Å². The maximum absolute atomic E-state index is 14.0. The van der Waals surface area contributed by atoms with E-state index in [1.807, 2.05) is 0 Å². The van der Waals surface area contributed by atoms with Gasteiger partial charge in [-0.25, -0.2) is 17.5 Å². The van der Waals surface area contributed by atoms with Crippen molar-refractivity contribution in [2.45, 2.75) is 6.92 Å². The summed E-state index contributed by atoms with van der Waals surface area (Å²) in [5.41, 5.74) is 1.92. The molecule has 140 valence electrons. The monoisotopic (exact) mass is 388 g/mol. The molecule has 0 atom stereocenters. The van der Waals surface area contributed by atoms with Crippen LogP contribution in [0.5, 0.6) is 0 Å². The van der Waals surface area contributed by atoms with E-state index in [4.69, 9.17) is 0 Å². The lowest BCUT2D eigenvalue weighted by atomic mass is 10.2. The number of sulfonamides is 1. The maximum atomic E-state index is 14.0. The molecule has 0 fully saturated rings. The Kier molecular flexibility index (Phi) is 4.95. The molecule has 3 aromatic rings. The summed E-state index contributed by atoms with van der Waals surface area (Å²) in [4.78, 5) is 12.5. The number of anilines is 2. The molecule has 2 N–H and O–H groups in total. The number of carbonyl (C=O) groups excluding carboxylic acids is 1. The minimum atomic E-state index is -3.37. The van der Waals surface area contributed by atoms with Gasteiger partial charge in [0, 0.05) is 11.4 Å². The minimum Gasteiger partial charge on any atom is -0.322 e. The zero-order valence-corrected chi connectivity index (χ0v) is 15.4. The molecule has 0 saturated carbocycles. The van der Waals surface area contributed by atoms with Crippen LogP contribution in [0.15, 0.2) is 54.7 Å². The quantitative estimate of drug-likeness (QED) is 0.703. The summed E-state index contributed by atoms with van der Waals surface area (Å²) in [7, 11) is -3.37. The van der Waals surface area contributed by atoms with Crippen molar-refractivity contribution in [1.29, 1.82) is 0 Å². The number of benzene rings is 2. The van der Waals surface area contributed by atoms with Crippen molar-refractivity contribution < 1.29 is 17.6 Å². The summed E-state index contributed by atoms with van der Waals surface area (Å²) in [6.07, 6.45) is 2.43. The number of rotatable bonds is 5. The summed E-state index contributed by atoms with van der Waals surface area (Å²) >= 11 is 0. The van der Waals surface area contributed by atoms with Crippen LogP contribution in [-0.4, -0.2) is 30.4 Å². The van der Waals surface area contributed by atoms with E-state index in [-0.39, 0.29) is 5.69 Å². The highest BCUT2D eigenvalue weighted by molar-refractivity contribution is 7.92. The number of aromatic nitrogens is 2. The van der Waals surface area contributed by atoms with E-state index in [0.717, 1.165) is 6.26 Å². The summed E-state index contributed by atoms with van der Waals surface area (Å²) in [5.74, 6) is -0.844. The molecular weight excluding hydrogens is 371 g/mol. The van der Waals surface area contributed by atoms with Crippen LogP contribution in [0, 0.1) is 12.7 Å². The van der Waals surface area contributed by atoms with Gasteiger partial charge in [-0.05, 0) is 43.3 Å². The fraction of sp³-hybridized carbons (Fsp3) is 0.111. The molecule has 27 heavy (non-hydrogen) atoms. The summed E-state index contributed by atoms with van der Waals surface area (Å²) < 4.78 is 40.1. The molecule has 0 aliphatic heterocycles. The summed E-state index contributed by atoms with van der Waals surface area (Å²) in [6, 6.07) is 12.4. The second-order valence-electron chi connectivity index (χ2n) is 5.91. The number of hydrogen-bond acceptors (Lipinski definition) is 4. The van der Waals surface area contributed by atoms with Crippen LogP contribution in [0.1, 0.15) is 16.1 Å². The molecule has 3 rings (SSSR count). The average Bonchev–Trinajstić information content (AvgIpc) is 2.97. The van der Waals surface area contributed by atoms with Crippen LogP contribution in [0.4, 0.5) is 15.8 Å². The number of hydrogen-bond donors (Lipinski definition) is 2. The number of para-hydroxylation sites is 1. The van der Waals surface area contributed by atoms with Gasteiger partial charge >= 0.3 is 0 Å². The Balaban J connectivity index is 1.78. The smallest absolute Gasteiger partial charge is 0.259 e. The molecular formula is C18H17FN4O3S. The highest BCUT2D eigenvalue weighted by Crippen LogP contribution is 2.19. The van der Waals surface area contributed by atoms with E-state index in [1.165, 1.54) is 29.1 Å². The first-order valence-corrected chi connectivity index (χ1v) is 9.82. The SMILES string of the molecule is Cc1c(C(=O)Nc2ccc(NS(C)(=O)=O)cc2)cnn1-c1ccccc1F. The van der Waals surface area contributed by atoms with Crippen LogP contribution >= 0.6 is 0 Å². The van der Waals surface area contributed by atoms with Gasteiger partial charge in [0.1, 0.15) is 11.5 Å². The van der Waals surface area contributed by atoms with E-state index in [9.17, 15) is 17.6 Å². The van der Waals surface area contributed by atoms with Crippen molar-refractivity contribution in [2.24, 2.45) is 0 Å². The van der Waals surface area contributed by atoms with Crippen molar-refractivity contribution in [3.05, 3.63) is 71.8 Å². The highest BCUT2D eigenvalue weighted by atomic mass is 32.2. The van der Waals surface area contributed by atoms with E-state index in [2.05, 4.69) is 15.1 Å².